The zero-order valence-corrected chi connectivity index (χ0v) is 13.0. The summed E-state index contributed by atoms with van der Waals surface area (Å²) >= 11 is 0. The van der Waals surface area contributed by atoms with Crippen LogP contribution in [0.1, 0.15) is 32.1 Å². The summed E-state index contributed by atoms with van der Waals surface area (Å²) in [5, 5.41) is 6.30. The van der Waals surface area contributed by atoms with E-state index in [1.165, 1.54) is 0 Å². The van der Waals surface area contributed by atoms with Gasteiger partial charge in [0.15, 0.2) is 0 Å². The molecule has 2 aliphatic heterocycles. The highest BCUT2D eigenvalue weighted by atomic mass is 35.5. The molecule has 0 aromatic carbocycles. The molecule has 3 fully saturated rings. The van der Waals surface area contributed by atoms with E-state index in [9.17, 15) is 9.59 Å². The van der Waals surface area contributed by atoms with E-state index in [1.807, 2.05) is 0 Å². The highest BCUT2D eigenvalue weighted by molar-refractivity contribution is 5.88. The number of ether oxygens (including phenoxy) is 1. The Labute approximate surface area is 131 Å². The Kier molecular flexibility index (Phi) is 5.84. The van der Waals surface area contributed by atoms with Crippen molar-refractivity contribution in [2.75, 3.05) is 26.3 Å². The van der Waals surface area contributed by atoms with Gasteiger partial charge in [0.2, 0.25) is 11.8 Å². The lowest BCUT2D eigenvalue weighted by molar-refractivity contribution is -0.139. The molecule has 2 saturated heterocycles. The molecule has 120 valence electrons. The fourth-order valence-corrected chi connectivity index (χ4v) is 2.94. The fourth-order valence-electron chi connectivity index (χ4n) is 2.94. The third-order valence-electron chi connectivity index (χ3n) is 4.22. The molecule has 0 radical (unpaired) electrons. The number of carbonyl (C=O) groups is 2. The van der Waals surface area contributed by atoms with E-state index in [2.05, 4.69) is 10.6 Å². The highest BCUT2D eigenvalue weighted by Gasteiger charge is 2.36. The number of morpholine rings is 1. The van der Waals surface area contributed by atoms with Gasteiger partial charge in [0, 0.05) is 31.6 Å². The van der Waals surface area contributed by atoms with Gasteiger partial charge in [-0.3, -0.25) is 9.59 Å². The lowest BCUT2D eigenvalue weighted by Crippen LogP contribution is -2.49. The first-order valence-corrected chi connectivity index (χ1v) is 7.65. The average Bonchev–Trinajstić information content (AvgIpc) is 3.12. The highest BCUT2D eigenvalue weighted by Crippen LogP contribution is 2.23. The third-order valence-corrected chi connectivity index (χ3v) is 4.22. The van der Waals surface area contributed by atoms with Crippen molar-refractivity contribution in [1.29, 1.82) is 0 Å². The first-order chi connectivity index (χ1) is 9.74. The lowest BCUT2D eigenvalue weighted by Gasteiger charge is -2.28. The summed E-state index contributed by atoms with van der Waals surface area (Å²) in [6, 6.07) is 0.185. The topological polar surface area (TPSA) is 70.7 Å². The molecule has 0 aromatic heterocycles. The third kappa shape index (κ3) is 4.31. The summed E-state index contributed by atoms with van der Waals surface area (Å²) in [6.07, 6.45) is 4.29. The number of hydrogen-bond acceptors (Lipinski definition) is 4. The first kappa shape index (κ1) is 16.5. The molecule has 3 rings (SSSR count). The molecule has 2 atom stereocenters. The van der Waals surface area contributed by atoms with E-state index >= 15 is 0 Å². The van der Waals surface area contributed by atoms with Crippen LogP contribution in [0.5, 0.6) is 0 Å². The minimum Gasteiger partial charge on any atom is -0.378 e. The number of halogens is 1. The van der Waals surface area contributed by atoms with Crippen LogP contribution in [0.25, 0.3) is 0 Å². The molecule has 2 heterocycles. The normalized spacial score (nSPS) is 28.9. The van der Waals surface area contributed by atoms with Gasteiger partial charge < -0.3 is 20.3 Å². The summed E-state index contributed by atoms with van der Waals surface area (Å²) in [4.78, 5) is 26.3. The summed E-state index contributed by atoms with van der Waals surface area (Å²) in [5.74, 6) is 0.104. The molecule has 7 heteroatoms. The lowest BCUT2D eigenvalue weighted by atomic mass is 10.1. The Balaban J connectivity index is 0.00000161. The minimum absolute atomic E-state index is 0. The molecule has 2 amide bonds. The predicted molar refractivity (Wildman–Crippen MR) is 80.4 cm³/mol. The molecule has 2 N–H and O–H groups in total. The summed E-state index contributed by atoms with van der Waals surface area (Å²) < 4.78 is 5.37. The Morgan fingerprint density at radius 2 is 2.10 bits per heavy atom. The van der Waals surface area contributed by atoms with Crippen LogP contribution >= 0.6 is 12.4 Å². The second-order valence-corrected chi connectivity index (χ2v) is 5.96. The van der Waals surface area contributed by atoms with Gasteiger partial charge in [-0.15, -0.1) is 12.4 Å². The van der Waals surface area contributed by atoms with Crippen molar-refractivity contribution in [2.24, 2.45) is 0 Å². The van der Waals surface area contributed by atoms with Crippen LogP contribution in [0.15, 0.2) is 0 Å². The van der Waals surface area contributed by atoms with Gasteiger partial charge in [-0.05, 0) is 25.7 Å². The number of hydrogen-bond donors (Lipinski definition) is 2. The molecule has 1 aliphatic carbocycles. The Morgan fingerprint density at radius 3 is 2.76 bits per heavy atom. The van der Waals surface area contributed by atoms with Gasteiger partial charge in [-0.25, -0.2) is 0 Å². The maximum absolute atomic E-state index is 12.4. The summed E-state index contributed by atoms with van der Waals surface area (Å²) in [6.45, 7) is 2.79. The van der Waals surface area contributed by atoms with E-state index in [0.717, 1.165) is 32.2 Å². The minimum atomic E-state index is -0.257. The van der Waals surface area contributed by atoms with Crippen LogP contribution in [0.3, 0.4) is 0 Å². The zero-order valence-electron chi connectivity index (χ0n) is 12.2. The first-order valence-electron chi connectivity index (χ1n) is 7.65. The average molecular weight is 318 g/mol. The van der Waals surface area contributed by atoms with Crippen molar-refractivity contribution in [2.45, 2.75) is 50.2 Å². The molecule has 21 heavy (non-hydrogen) atoms. The van der Waals surface area contributed by atoms with Gasteiger partial charge in [-0.1, -0.05) is 0 Å². The largest absolute Gasteiger partial charge is 0.378 e. The SMILES string of the molecule is Cl.O=C(NC1CC1)C1CCCN1C(=O)CC1COCCN1. The van der Waals surface area contributed by atoms with Gasteiger partial charge in [0.1, 0.15) is 6.04 Å². The Morgan fingerprint density at radius 1 is 1.29 bits per heavy atom. The molecule has 0 bridgehead atoms. The maximum atomic E-state index is 12.4. The molecular weight excluding hydrogens is 294 g/mol. The Bertz CT molecular complexity index is 384. The van der Waals surface area contributed by atoms with E-state index in [1.54, 1.807) is 4.90 Å². The van der Waals surface area contributed by atoms with E-state index in [4.69, 9.17) is 4.74 Å². The molecule has 1 saturated carbocycles. The van der Waals surface area contributed by atoms with Crippen LogP contribution in [-0.2, 0) is 14.3 Å². The molecule has 2 unspecified atom stereocenters. The molecule has 0 spiro atoms. The van der Waals surface area contributed by atoms with Gasteiger partial charge in [0.25, 0.3) is 0 Å². The van der Waals surface area contributed by atoms with Crippen molar-refractivity contribution in [1.82, 2.24) is 15.5 Å². The number of rotatable bonds is 4. The van der Waals surface area contributed by atoms with Crippen LogP contribution in [0, 0.1) is 0 Å². The molecule has 6 nitrogen and oxygen atoms in total. The van der Waals surface area contributed by atoms with Crippen LogP contribution in [-0.4, -0.2) is 61.1 Å². The van der Waals surface area contributed by atoms with Crippen molar-refractivity contribution in [3.8, 4) is 0 Å². The smallest absolute Gasteiger partial charge is 0.243 e. The van der Waals surface area contributed by atoms with E-state index < -0.39 is 0 Å². The predicted octanol–water partition coefficient (Wildman–Crippen LogP) is 0.0563. The standard InChI is InChI=1S/C14H23N3O3.ClH/c18-13(8-11-9-20-7-5-15-11)17-6-1-2-12(17)14(19)16-10-3-4-10;/h10-12,15H,1-9H2,(H,16,19);1H. The fraction of sp³-hybridized carbons (Fsp3) is 0.857. The van der Waals surface area contributed by atoms with Gasteiger partial charge in [-0.2, -0.15) is 0 Å². The van der Waals surface area contributed by atoms with Crippen LogP contribution in [0.4, 0.5) is 0 Å². The number of carbonyl (C=O) groups excluding carboxylic acids is 2. The van der Waals surface area contributed by atoms with Gasteiger partial charge in [0.05, 0.1) is 13.2 Å². The second-order valence-electron chi connectivity index (χ2n) is 5.96. The van der Waals surface area contributed by atoms with E-state index in [0.29, 0.717) is 32.2 Å². The number of nitrogens with zero attached hydrogens (tertiary/aromatic N) is 1. The van der Waals surface area contributed by atoms with Crippen molar-refractivity contribution < 1.29 is 14.3 Å². The molecule has 3 aliphatic rings. The summed E-state index contributed by atoms with van der Waals surface area (Å²) in [7, 11) is 0. The van der Waals surface area contributed by atoms with Crippen molar-refractivity contribution in [3.05, 3.63) is 0 Å². The zero-order chi connectivity index (χ0) is 13.9. The van der Waals surface area contributed by atoms with Crippen molar-refractivity contribution >= 4 is 24.2 Å². The number of nitrogens with one attached hydrogen (secondary N) is 2. The summed E-state index contributed by atoms with van der Waals surface area (Å²) in [5.41, 5.74) is 0. The number of likely N-dealkylation sites (tertiary alicyclic amines) is 1. The van der Waals surface area contributed by atoms with Crippen LogP contribution < -0.4 is 10.6 Å². The maximum Gasteiger partial charge on any atom is 0.243 e. The Hall–Kier alpha value is -0.850. The molecule has 0 aromatic rings. The van der Waals surface area contributed by atoms with E-state index in [-0.39, 0.29) is 36.3 Å². The van der Waals surface area contributed by atoms with Crippen molar-refractivity contribution in [3.63, 3.8) is 0 Å². The van der Waals surface area contributed by atoms with Gasteiger partial charge >= 0.3 is 0 Å². The van der Waals surface area contributed by atoms with Crippen LogP contribution in [0.2, 0.25) is 0 Å². The monoisotopic (exact) mass is 317 g/mol. The number of amides is 2. The molecular formula is C14H24ClN3O3. The quantitative estimate of drug-likeness (QED) is 0.769. The second kappa shape index (κ2) is 7.42.